The Kier molecular flexibility index (Phi) is 6.33. The number of amides is 1. The minimum absolute atomic E-state index is 0.115. The first-order chi connectivity index (χ1) is 13.7. The highest BCUT2D eigenvalue weighted by molar-refractivity contribution is 8.01. The van der Waals surface area contributed by atoms with Crippen molar-refractivity contribution in [1.82, 2.24) is 9.88 Å². The molecular weight excluding hydrogens is 411 g/mol. The van der Waals surface area contributed by atoms with Crippen LogP contribution < -0.4 is 0 Å². The van der Waals surface area contributed by atoms with Crippen LogP contribution in [-0.2, 0) is 11.3 Å². The Morgan fingerprint density at radius 2 is 2.10 bits per heavy atom. The highest BCUT2D eigenvalue weighted by Gasteiger charge is 2.24. The third-order valence-corrected chi connectivity index (χ3v) is 6.88. The van der Waals surface area contributed by atoms with Gasteiger partial charge in [-0.2, -0.15) is 4.39 Å². The monoisotopic (exact) mass is 434 g/mol. The molecule has 0 radical (unpaired) electrons. The average Bonchev–Trinajstić information content (AvgIpc) is 3.25. The topological polar surface area (TPSA) is 55.6 Å². The van der Waals surface area contributed by atoms with Gasteiger partial charge in [0.1, 0.15) is 12.4 Å². The van der Waals surface area contributed by atoms with Gasteiger partial charge in [-0.15, -0.1) is 11.3 Å². The lowest BCUT2D eigenvalue weighted by Crippen LogP contribution is -2.42. The highest BCUT2D eigenvalue weighted by Crippen LogP contribution is 2.44. The standard InChI is InChI=1S/C21H23FN2O3S2/c1-13-17(8-10-26-13)29-19-16(15-7-6-9-23-18(15)22)11-14(28-19)12-27-20(25)24(5)21(2,3)4/h6-11H,12H2,1-5H3. The minimum Gasteiger partial charge on any atom is -0.468 e. The van der Waals surface area contributed by atoms with Crippen molar-refractivity contribution < 1.29 is 18.3 Å². The van der Waals surface area contributed by atoms with Crippen LogP contribution in [0.5, 0.6) is 0 Å². The fraction of sp³-hybridized carbons (Fsp3) is 0.333. The van der Waals surface area contributed by atoms with Gasteiger partial charge in [-0.1, -0.05) is 11.8 Å². The summed E-state index contributed by atoms with van der Waals surface area (Å²) in [6.07, 6.45) is 2.64. The molecule has 0 unspecified atom stereocenters. The Morgan fingerprint density at radius 1 is 1.34 bits per heavy atom. The molecule has 3 heterocycles. The number of halogens is 1. The molecule has 0 fully saturated rings. The summed E-state index contributed by atoms with van der Waals surface area (Å²) in [4.78, 5) is 19.4. The van der Waals surface area contributed by atoms with E-state index in [1.807, 2.05) is 39.8 Å². The number of carbonyl (C=O) groups is 1. The van der Waals surface area contributed by atoms with Crippen LogP contribution in [0, 0.1) is 12.9 Å². The second-order valence-corrected chi connectivity index (χ2v) is 9.93. The first-order valence-corrected chi connectivity index (χ1v) is 10.7. The third kappa shape index (κ3) is 5.00. The summed E-state index contributed by atoms with van der Waals surface area (Å²) in [6, 6.07) is 7.12. The maximum Gasteiger partial charge on any atom is 0.410 e. The molecule has 29 heavy (non-hydrogen) atoms. The van der Waals surface area contributed by atoms with Gasteiger partial charge in [0.25, 0.3) is 0 Å². The normalized spacial score (nSPS) is 11.5. The zero-order chi connectivity index (χ0) is 21.2. The smallest absolute Gasteiger partial charge is 0.410 e. The molecule has 0 saturated heterocycles. The molecule has 154 valence electrons. The van der Waals surface area contributed by atoms with E-state index in [1.54, 1.807) is 30.3 Å². The number of hydrogen-bond acceptors (Lipinski definition) is 6. The number of aryl methyl sites for hydroxylation is 1. The van der Waals surface area contributed by atoms with Gasteiger partial charge in [-0.05, 0) is 52.0 Å². The lowest BCUT2D eigenvalue weighted by atomic mass is 10.1. The van der Waals surface area contributed by atoms with Crippen molar-refractivity contribution in [2.75, 3.05) is 7.05 Å². The van der Waals surface area contributed by atoms with Crippen LogP contribution in [-0.4, -0.2) is 28.6 Å². The van der Waals surface area contributed by atoms with E-state index in [4.69, 9.17) is 9.15 Å². The number of ether oxygens (including phenoxy) is 1. The molecule has 0 aromatic carbocycles. The summed E-state index contributed by atoms with van der Waals surface area (Å²) in [5, 5.41) is 0. The van der Waals surface area contributed by atoms with Crippen molar-refractivity contribution in [3.8, 4) is 11.1 Å². The summed E-state index contributed by atoms with van der Waals surface area (Å²) in [5.74, 6) is 0.257. The van der Waals surface area contributed by atoms with Gasteiger partial charge >= 0.3 is 6.09 Å². The molecule has 3 aromatic heterocycles. The van der Waals surface area contributed by atoms with Crippen LogP contribution in [0.15, 0.2) is 50.2 Å². The van der Waals surface area contributed by atoms with Crippen molar-refractivity contribution in [2.45, 2.75) is 48.9 Å². The van der Waals surface area contributed by atoms with Crippen molar-refractivity contribution in [2.24, 2.45) is 0 Å². The van der Waals surface area contributed by atoms with Crippen molar-refractivity contribution in [3.63, 3.8) is 0 Å². The van der Waals surface area contributed by atoms with E-state index >= 15 is 0 Å². The summed E-state index contributed by atoms with van der Waals surface area (Å²) in [6.45, 7) is 7.80. The number of rotatable bonds is 5. The lowest BCUT2D eigenvalue weighted by molar-refractivity contribution is 0.0767. The number of furan rings is 1. The molecule has 0 spiro atoms. The molecule has 0 aliphatic carbocycles. The van der Waals surface area contributed by atoms with Gasteiger partial charge in [0.2, 0.25) is 5.95 Å². The first-order valence-electron chi connectivity index (χ1n) is 9.03. The van der Waals surface area contributed by atoms with Gasteiger partial charge in [0.15, 0.2) is 0 Å². The maximum absolute atomic E-state index is 14.3. The quantitative estimate of drug-likeness (QED) is 0.437. The summed E-state index contributed by atoms with van der Waals surface area (Å²) >= 11 is 2.96. The second kappa shape index (κ2) is 8.59. The molecule has 0 atom stereocenters. The summed E-state index contributed by atoms with van der Waals surface area (Å²) < 4.78 is 26.1. The lowest BCUT2D eigenvalue weighted by Gasteiger charge is -2.30. The fourth-order valence-corrected chi connectivity index (χ4v) is 4.79. The minimum atomic E-state index is -0.535. The Balaban J connectivity index is 1.87. The zero-order valence-electron chi connectivity index (χ0n) is 17.0. The van der Waals surface area contributed by atoms with Gasteiger partial charge in [0.05, 0.1) is 15.4 Å². The molecular formula is C21H23FN2O3S2. The Bertz CT molecular complexity index is 1010. The van der Waals surface area contributed by atoms with Gasteiger partial charge in [-0.3, -0.25) is 0 Å². The number of pyridine rings is 1. The Labute approximate surface area is 177 Å². The molecule has 1 amide bonds. The molecule has 0 bridgehead atoms. The molecule has 0 aliphatic rings. The van der Waals surface area contributed by atoms with E-state index in [0.29, 0.717) is 5.56 Å². The molecule has 5 nitrogen and oxygen atoms in total. The predicted octanol–water partition coefficient (Wildman–Crippen LogP) is 6.37. The third-order valence-electron chi connectivity index (χ3n) is 4.43. The van der Waals surface area contributed by atoms with Crippen LogP contribution in [0.4, 0.5) is 9.18 Å². The molecule has 3 aromatic rings. The van der Waals surface area contributed by atoms with E-state index in [2.05, 4.69) is 4.98 Å². The molecule has 0 saturated carbocycles. The first kappa shape index (κ1) is 21.4. The predicted molar refractivity (Wildman–Crippen MR) is 113 cm³/mol. The van der Waals surface area contributed by atoms with E-state index in [-0.39, 0.29) is 12.1 Å². The number of carbonyl (C=O) groups excluding carboxylic acids is 1. The summed E-state index contributed by atoms with van der Waals surface area (Å²) in [7, 11) is 1.70. The second-order valence-electron chi connectivity index (χ2n) is 7.48. The molecule has 0 N–H and O–H groups in total. The summed E-state index contributed by atoms with van der Waals surface area (Å²) in [5.41, 5.74) is 0.800. The SMILES string of the molecule is Cc1occc1Sc1sc(COC(=O)N(C)C(C)(C)C)cc1-c1cccnc1F. The van der Waals surface area contributed by atoms with Gasteiger partial charge < -0.3 is 14.1 Å². The zero-order valence-corrected chi connectivity index (χ0v) is 18.6. The molecule has 8 heteroatoms. The van der Waals surface area contributed by atoms with E-state index in [0.717, 1.165) is 25.3 Å². The van der Waals surface area contributed by atoms with Crippen molar-refractivity contribution in [3.05, 3.63) is 53.3 Å². The largest absolute Gasteiger partial charge is 0.468 e. The van der Waals surface area contributed by atoms with Crippen LogP contribution in [0.2, 0.25) is 0 Å². The van der Waals surface area contributed by atoms with Crippen molar-refractivity contribution >= 4 is 29.2 Å². The van der Waals surface area contributed by atoms with Crippen LogP contribution in [0.3, 0.4) is 0 Å². The number of hydrogen-bond donors (Lipinski definition) is 0. The Hall–Kier alpha value is -2.32. The van der Waals surface area contributed by atoms with Crippen LogP contribution in [0.25, 0.3) is 11.1 Å². The molecule has 3 rings (SSSR count). The van der Waals surface area contributed by atoms with E-state index < -0.39 is 12.0 Å². The van der Waals surface area contributed by atoms with E-state index in [9.17, 15) is 9.18 Å². The average molecular weight is 435 g/mol. The number of aromatic nitrogens is 1. The fourth-order valence-electron chi connectivity index (χ4n) is 2.43. The number of thiophene rings is 1. The van der Waals surface area contributed by atoms with Gasteiger partial charge in [-0.25, -0.2) is 9.78 Å². The van der Waals surface area contributed by atoms with E-state index in [1.165, 1.54) is 29.3 Å². The Morgan fingerprint density at radius 3 is 2.72 bits per heavy atom. The van der Waals surface area contributed by atoms with Gasteiger partial charge in [0, 0.05) is 34.8 Å². The van der Waals surface area contributed by atoms with Crippen LogP contribution in [0.1, 0.15) is 31.4 Å². The highest BCUT2D eigenvalue weighted by atomic mass is 32.2. The maximum atomic E-state index is 14.3. The van der Waals surface area contributed by atoms with Crippen molar-refractivity contribution in [1.29, 1.82) is 0 Å². The molecule has 0 aliphatic heterocycles. The van der Waals surface area contributed by atoms with Crippen LogP contribution >= 0.6 is 23.1 Å². The number of nitrogens with zero attached hydrogens (tertiary/aromatic N) is 2.